The van der Waals surface area contributed by atoms with Crippen molar-refractivity contribution in [2.24, 2.45) is 0 Å². The highest BCUT2D eigenvalue weighted by Gasteiger charge is 2.08. The second-order valence-corrected chi connectivity index (χ2v) is 5.68. The van der Waals surface area contributed by atoms with E-state index in [1.54, 1.807) is 18.3 Å². The van der Waals surface area contributed by atoms with Crippen molar-refractivity contribution in [3.8, 4) is 5.75 Å². The maximum Gasteiger partial charge on any atom is 0.258 e. The number of ether oxygens (including phenoxy) is 1. The van der Waals surface area contributed by atoms with Crippen LogP contribution in [0.15, 0.2) is 42.6 Å². The van der Waals surface area contributed by atoms with E-state index in [2.05, 4.69) is 29.0 Å². The normalized spacial score (nSPS) is 10.6. The van der Waals surface area contributed by atoms with E-state index in [0.717, 1.165) is 25.4 Å². The van der Waals surface area contributed by atoms with Crippen LogP contribution in [0.1, 0.15) is 24.2 Å². The maximum absolute atomic E-state index is 12.2. The third-order valence-electron chi connectivity index (χ3n) is 3.75. The largest absolute Gasteiger partial charge is 0.492 e. The molecule has 0 saturated heterocycles. The number of aromatic nitrogens is 1. The molecular formula is C18H23N3O2S. The lowest BCUT2D eigenvalue weighted by Gasteiger charge is -2.18. The lowest BCUT2D eigenvalue weighted by Crippen LogP contribution is -2.27. The predicted molar refractivity (Wildman–Crippen MR) is 99.3 cm³/mol. The number of likely N-dealkylation sites (N-methyl/N-ethyl adjacent to an activating group) is 1. The number of hydrogen-bond acceptors (Lipinski definition) is 4. The molecule has 0 saturated carbocycles. The SMILES string of the molecule is CCN(CC)CCOc1ccc(NC(=O)c2ccc[nH]c2=S)cc1. The number of nitrogens with one attached hydrogen (secondary N) is 2. The summed E-state index contributed by atoms with van der Waals surface area (Å²) in [5.74, 6) is 0.559. The maximum atomic E-state index is 12.2. The first kappa shape index (κ1) is 18.2. The zero-order chi connectivity index (χ0) is 17.4. The van der Waals surface area contributed by atoms with Gasteiger partial charge in [-0.15, -0.1) is 0 Å². The van der Waals surface area contributed by atoms with Gasteiger partial charge in [0.1, 0.15) is 17.0 Å². The Bertz CT molecular complexity index is 709. The van der Waals surface area contributed by atoms with Gasteiger partial charge in [0.05, 0.1) is 5.56 Å². The van der Waals surface area contributed by atoms with E-state index in [4.69, 9.17) is 17.0 Å². The van der Waals surface area contributed by atoms with Gasteiger partial charge in [-0.3, -0.25) is 4.79 Å². The molecule has 2 rings (SSSR count). The molecule has 128 valence electrons. The molecule has 1 aromatic heterocycles. The zero-order valence-corrected chi connectivity index (χ0v) is 14.9. The van der Waals surface area contributed by atoms with Crippen LogP contribution in [0.3, 0.4) is 0 Å². The monoisotopic (exact) mass is 345 g/mol. The van der Waals surface area contributed by atoms with E-state index in [9.17, 15) is 4.79 Å². The molecule has 5 nitrogen and oxygen atoms in total. The Balaban J connectivity index is 1.89. The Labute approximate surface area is 147 Å². The fourth-order valence-electron chi connectivity index (χ4n) is 2.27. The standard InChI is InChI=1S/C18H23N3O2S/c1-3-21(4-2)12-13-23-15-9-7-14(8-10-15)20-17(22)16-6-5-11-19-18(16)24/h5-11H,3-4,12-13H2,1-2H3,(H,19,24)(H,20,22). The molecule has 0 radical (unpaired) electrons. The minimum Gasteiger partial charge on any atom is -0.492 e. The molecule has 0 aliphatic rings. The van der Waals surface area contributed by atoms with Crippen LogP contribution >= 0.6 is 12.2 Å². The van der Waals surface area contributed by atoms with Crippen molar-refractivity contribution in [1.29, 1.82) is 0 Å². The predicted octanol–water partition coefficient (Wildman–Crippen LogP) is 3.72. The first-order chi connectivity index (χ1) is 11.6. The molecule has 2 N–H and O–H groups in total. The molecule has 1 amide bonds. The van der Waals surface area contributed by atoms with Gasteiger partial charge >= 0.3 is 0 Å². The Hall–Kier alpha value is -2.18. The van der Waals surface area contributed by atoms with Gasteiger partial charge in [-0.05, 0) is 49.5 Å². The summed E-state index contributed by atoms with van der Waals surface area (Å²) >= 11 is 5.11. The van der Waals surface area contributed by atoms with Gasteiger partial charge in [0.25, 0.3) is 5.91 Å². The molecule has 0 atom stereocenters. The van der Waals surface area contributed by atoms with Crippen molar-refractivity contribution >= 4 is 23.8 Å². The fraction of sp³-hybridized carbons (Fsp3) is 0.333. The second kappa shape index (κ2) is 9.20. The van der Waals surface area contributed by atoms with Gasteiger partial charge in [0.15, 0.2) is 0 Å². The second-order valence-electron chi connectivity index (χ2n) is 5.27. The van der Waals surface area contributed by atoms with Crippen molar-refractivity contribution < 1.29 is 9.53 Å². The van der Waals surface area contributed by atoms with Crippen LogP contribution in [0.5, 0.6) is 5.75 Å². The van der Waals surface area contributed by atoms with Gasteiger partial charge in [0, 0.05) is 18.4 Å². The van der Waals surface area contributed by atoms with Crippen LogP contribution in [0.25, 0.3) is 0 Å². The smallest absolute Gasteiger partial charge is 0.258 e. The number of carbonyl (C=O) groups excluding carboxylic acids is 1. The average molecular weight is 345 g/mol. The van der Waals surface area contributed by atoms with E-state index in [1.165, 1.54) is 0 Å². The van der Waals surface area contributed by atoms with Crippen molar-refractivity contribution in [3.05, 3.63) is 52.8 Å². The number of nitrogens with zero attached hydrogens (tertiary/aromatic N) is 1. The van der Waals surface area contributed by atoms with E-state index < -0.39 is 0 Å². The molecule has 0 bridgehead atoms. The Kier molecular flexibility index (Phi) is 6.96. The summed E-state index contributed by atoms with van der Waals surface area (Å²) in [5.41, 5.74) is 1.15. The number of benzene rings is 1. The summed E-state index contributed by atoms with van der Waals surface area (Å²) in [7, 11) is 0. The first-order valence-electron chi connectivity index (χ1n) is 8.08. The summed E-state index contributed by atoms with van der Waals surface area (Å²) in [6, 6.07) is 10.8. The van der Waals surface area contributed by atoms with Crippen LogP contribution in [0, 0.1) is 4.64 Å². The lowest BCUT2D eigenvalue weighted by atomic mass is 10.2. The molecule has 0 spiro atoms. The van der Waals surface area contributed by atoms with E-state index in [1.807, 2.05) is 24.3 Å². The number of pyridine rings is 1. The number of amides is 1. The minimum absolute atomic E-state index is 0.230. The summed E-state index contributed by atoms with van der Waals surface area (Å²) < 4.78 is 6.15. The molecule has 0 unspecified atom stereocenters. The van der Waals surface area contributed by atoms with Gasteiger partial charge < -0.3 is 19.9 Å². The number of anilines is 1. The highest BCUT2D eigenvalue weighted by atomic mass is 32.1. The van der Waals surface area contributed by atoms with E-state index in [0.29, 0.717) is 22.5 Å². The Morgan fingerprint density at radius 3 is 2.54 bits per heavy atom. The molecular weight excluding hydrogens is 322 g/mol. The van der Waals surface area contributed by atoms with Crippen molar-refractivity contribution in [2.75, 3.05) is 31.6 Å². The van der Waals surface area contributed by atoms with Crippen molar-refractivity contribution in [2.45, 2.75) is 13.8 Å². The summed E-state index contributed by atoms with van der Waals surface area (Å²) in [5, 5.41) is 2.83. The summed E-state index contributed by atoms with van der Waals surface area (Å²) in [6.07, 6.45) is 1.70. The molecule has 1 heterocycles. The number of rotatable bonds is 8. The van der Waals surface area contributed by atoms with Gasteiger partial charge in [0.2, 0.25) is 0 Å². The van der Waals surface area contributed by atoms with Crippen LogP contribution in [-0.2, 0) is 0 Å². The first-order valence-corrected chi connectivity index (χ1v) is 8.49. The number of aromatic amines is 1. The van der Waals surface area contributed by atoms with Gasteiger partial charge in [-0.2, -0.15) is 0 Å². The lowest BCUT2D eigenvalue weighted by molar-refractivity contribution is 0.102. The van der Waals surface area contributed by atoms with Crippen molar-refractivity contribution in [3.63, 3.8) is 0 Å². The number of H-pyrrole nitrogens is 1. The highest BCUT2D eigenvalue weighted by molar-refractivity contribution is 7.71. The molecule has 0 aliphatic carbocycles. The highest BCUT2D eigenvalue weighted by Crippen LogP contribution is 2.16. The number of carbonyl (C=O) groups is 1. The quantitative estimate of drug-likeness (QED) is 0.716. The third kappa shape index (κ3) is 5.18. The van der Waals surface area contributed by atoms with Crippen LogP contribution in [-0.4, -0.2) is 42.0 Å². The molecule has 0 aliphatic heterocycles. The average Bonchev–Trinajstić information content (AvgIpc) is 2.60. The van der Waals surface area contributed by atoms with E-state index >= 15 is 0 Å². The van der Waals surface area contributed by atoms with Crippen LogP contribution in [0.4, 0.5) is 5.69 Å². The van der Waals surface area contributed by atoms with E-state index in [-0.39, 0.29) is 5.91 Å². The fourth-order valence-corrected chi connectivity index (χ4v) is 2.49. The Morgan fingerprint density at radius 2 is 1.92 bits per heavy atom. The van der Waals surface area contributed by atoms with Crippen molar-refractivity contribution in [1.82, 2.24) is 9.88 Å². The van der Waals surface area contributed by atoms with Gasteiger partial charge in [-0.1, -0.05) is 26.1 Å². The van der Waals surface area contributed by atoms with Crippen LogP contribution < -0.4 is 10.1 Å². The topological polar surface area (TPSA) is 57.4 Å². The molecule has 6 heteroatoms. The molecule has 24 heavy (non-hydrogen) atoms. The molecule has 0 fully saturated rings. The van der Waals surface area contributed by atoms with Crippen LogP contribution in [0.2, 0.25) is 0 Å². The number of hydrogen-bond donors (Lipinski definition) is 2. The minimum atomic E-state index is -0.230. The third-order valence-corrected chi connectivity index (χ3v) is 4.08. The summed E-state index contributed by atoms with van der Waals surface area (Å²) in [6.45, 7) is 7.86. The molecule has 2 aromatic rings. The Morgan fingerprint density at radius 1 is 1.21 bits per heavy atom. The van der Waals surface area contributed by atoms with Gasteiger partial charge in [-0.25, -0.2) is 0 Å². The zero-order valence-electron chi connectivity index (χ0n) is 14.0. The molecule has 1 aromatic carbocycles. The summed E-state index contributed by atoms with van der Waals surface area (Å²) in [4.78, 5) is 17.3.